The lowest BCUT2D eigenvalue weighted by atomic mass is 9.67. The highest BCUT2D eigenvalue weighted by Crippen LogP contribution is 2.42. The molecule has 0 amide bonds. The van der Waals surface area contributed by atoms with Crippen LogP contribution < -0.4 is 11.1 Å². The normalized spacial score (nSPS) is 19.8. The highest BCUT2D eigenvalue weighted by Gasteiger charge is 2.34. The van der Waals surface area contributed by atoms with E-state index in [1.54, 1.807) is 0 Å². The van der Waals surface area contributed by atoms with Gasteiger partial charge in [0.05, 0.1) is 0 Å². The second-order valence-corrected chi connectivity index (χ2v) is 6.61. The van der Waals surface area contributed by atoms with Crippen LogP contribution in [-0.4, -0.2) is 19.6 Å². The molecule has 1 fully saturated rings. The molecule has 2 nitrogen and oxygen atoms in total. The van der Waals surface area contributed by atoms with Crippen molar-refractivity contribution in [3.8, 4) is 0 Å². The van der Waals surface area contributed by atoms with Gasteiger partial charge < -0.3 is 11.1 Å². The molecule has 1 rings (SSSR count). The zero-order chi connectivity index (χ0) is 13.4. The molecule has 2 heteroatoms. The maximum absolute atomic E-state index is 5.68. The first-order valence-corrected chi connectivity index (χ1v) is 8.04. The Balaban J connectivity index is 2.06. The van der Waals surface area contributed by atoms with E-state index in [0.29, 0.717) is 5.41 Å². The van der Waals surface area contributed by atoms with Crippen LogP contribution >= 0.6 is 0 Å². The molecule has 1 aliphatic rings. The smallest absolute Gasteiger partial charge is 0.000770 e. The molecule has 1 atom stereocenters. The molecule has 1 saturated carbocycles. The third-order valence-corrected chi connectivity index (χ3v) is 5.07. The molecule has 18 heavy (non-hydrogen) atoms. The Labute approximate surface area is 114 Å². The molecule has 0 radical (unpaired) electrons. The van der Waals surface area contributed by atoms with Crippen LogP contribution in [0, 0.1) is 17.3 Å². The van der Waals surface area contributed by atoms with E-state index < -0.39 is 0 Å². The first-order chi connectivity index (χ1) is 8.63. The van der Waals surface area contributed by atoms with Crippen LogP contribution in [0.3, 0.4) is 0 Å². The predicted octanol–water partition coefficient (Wildman–Crippen LogP) is 3.56. The number of hydrogen-bond acceptors (Lipinski definition) is 2. The van der Waals surface area contributed by atoms with Crippen molar-refractivity contribution in [3.05, 3.63) is 0 Å². The van der Waals surface area contributed by atoms with Crippen molar-refractivity contribution in [2.75, 3.05) is 19.6 Å². The van der Waals surface area contributed by atoms with Crippen LogP contribution in [0.4, 0.5) is 0 Å². The Morgan fingerprint density at radius 1 is 1.22 bits per heavy atom. The van der Waals surface area contributed by atoms with Crippen LogP contribution in [-0.2, 0) is 0 Å². The van der Waals surface area contributed by atoms with Gasteiger partial charge in [0.25, 0.3) is 0 Å². The lowest BCUT2D eigenvalue weighted by Gasteiger charge is -2.41. The number of nitrogens with one attached hydrogen (secondary N) is 1. The third kappa shape index (κ3) is 4.89. The van der Waals surface area contributed by atoms with Gasteiger partial charge in [-0.05, 0) is 68.9 Å². The van der Waals surface area contributed by atoms with Crippen molar-refractivity contribution in [2.45, 2.75) is 65.7 Å². The summed E-state index contributed by atoms with van der Waals surface area (Å²) in [5, 5.41) is 3.68. The van der Waals surface area contributed by atoms with Gasteiger partial charge >= 0.3 is 0 Å². The first-order valence-electron chi connectivity index (χ1n) is 8.04. The fourth-order valence-electron chi connectivity index (χ4n) is 3.20. The maximum Gasteiger partial charge on any atom is 0.000770 e. The van der Waals surface area contributed by atoms with Gasteiger partial charge in [0.2, 0.25) is 0 Å². The van der Waals surface area contributed by atoms with Crippen molar-refractivity contribution in [3.63, 3.8) is 0 Å². The minimum atomic E-state index is 0.661. The zero-order valence-electron chi connectivity index (χ0n) is 12.8. The molecule has 0 spiro atoms. The molecular weight excluding hydrogens is 220 g/mol. The summed E-state index contributed by atoms with van der Waals surface area (Å²) in [6.45, 7) is 10.3. The Bertz CT molecular complexity index is 204. The fraction of sp³-hybridized carbons (Fsp3) is 1.00. The van der Waals surface area contributed by atoms with Crippen LogP contribution in [0.2, 0.25) is 0 Å². The molecule has 0 saturated heterocycles. The van der Waals surface area contributed by atoms with Gasteiger partial charge in [-0.1, -0.05) is 27.2 Å². The monoisotopic (exact) mass is 254 g/mol. The van der Waals surface area contributed by atoms with E-state index in [9.17, 15) is 0 Å². The molecular formula is C16H34N2. The second-order valence-electron chi connectivity index (χ2n) is 6.61. The minimum absolute atomic E-state index is 0.661. The average molecular weight is 254 g/mol. The van der Waals surface area contributed by atoms with E-state index in [0.717, 1.165) is 18.4 Å². The minimum Gasteiger partial charge on any atom is -0.330 e. The second kappa shape index (κ2) is 8.16. The fourth-order valence-corrected chi connectivity index (χ4v) is 3.20. The summed E-state index contributed by atoms with van der Waals surface area (Å²) >= 11 is 0. The summed E-state index contributed by atoms with van der Waals surface area (Å²) in [7, 11) is 0. The van der Waals surface area contributed by atoms with E-state index in [2.05, 4.69) is 26.1 Å². The molecule has 0 aliphatic heterocycles. The van der Waals surface area contributed by atoms with Gasteiger partial charge in [-0.2, -0.15) is 0 Å². The topological polar surface area (TPSA) is 38.0 Å². The van der Waals surface area contributed by atoms with Gasteiger partial charge in [-0.15, -0.1) is 0 Å². The molecule has 1 aliphatic carbocycles. The summed E-state index contributed by atoms with van der Waals surface area (Å²) < 4.78 is 0. The summed E-state index contributed by atoms with van der Waals surface area (Å²) in [5.41, 5.74) is 6.34. The SMILES string of the molecule is CCC1(CNCCCC(CCN)C(C)C)CCC1. The van der Waals surface area contributed by atoms with Crippen molar-refractivity contribution in [1.29, 1.82) is 0 Å². The van der Waals surface area contributed by atoms with Crippen molar-refractivity contribution < 1.29 is 0 Å². The Kier molecular flexibility index (Phi) is 7.25. The maximum atomic E-state index is 5.68. The summed E-state index contributed by atoms with van der Waals surface area (Å²) in [6.07, 6.45) is 9.51. The Morgan fingerprint density at radius 3 is 2.39 bits per heavy atom. The van der Waals surface area contributed by atoms with E-state index in [1.165, 1.54) is 58.0 Å². The van der Waals surface area contributed by atoms with Crippen LogP contribution in [0.25, 0.3) is 0 Å². The van der Waals surface area contributed by atoms with E-state index in [1.807, 2.05) is 0 Å². The quantitative estimate of drug-likeness (QED) is 0.585. The molecule has 0 aromatic heterocycles. The molecule has 3 N–H and O–H groups in total. The first kappa shape index (κ1) is 16.0. The van der Waals surface area contributed by atoms with Gasteiger partial charge in [0.1, 0.15) is 0 Å². The average Bonchev–Trinajstić information content (AvgIpc) is 2.30. The number of hydrogen-bond donors (Lipinski definition) is 2. The molecule has 0 aromatic rings. The molecule has 1 unspecified atom stereocenters. The van der Waals surface area contributed by atoms with E-state index >= 15 is 0 Å². The number of nitrogens with two attached hydrogens (primary N) is 1. The zero-order valence-corrected chi connectivity index (χ0v) is 12.8. The van der Waals surface area contributed by atoms with Crippen LogP contribution in [0.15, 0.2) is 0 Å². The molecule has 0 aromatic carbocycles. The van der Waals surface area contributed by atoms with Gasteiger partial charge in [0, 0.05) is 6.54 Å². The van der Waals surface area contributed by atoms with Crippen molar-refractivity contribution in [2.24, 2.45) is 23.0 Å². The Morgan fingerprint density at radius 2 is 1.94 bits per heavy atom. The van der Waals surface area contributed by atoms with Crippen molar-refractivity contribution in [1.82, 2.24) is 5.32 Å². The van der Waals surface area contributed by atoms with Gasteiger partial charge in [-0.3, -0.25) is 0 Å². The van der Waals surface area contributed by atoms with E-state index in [4.69, 9.17) is 5.73 Å². The van der Waals surface area contributed by atoms with Gasteiger partial charge in [-0.25, -0.2) is 0 Å². The van der Waals surface area contributed by atoms with Crippen molar-refractivity contribution >= 4 is 0 Å². The summed E-state index contributed by atoms with van der Waals surface area (Å²) in [6, 6.07) is 0. The molecule has 108 valence electrons. The molecule has 0 bridgehead atoms. The highest BCUT2D eigenvalue weighted by molar-refractivity contribution is 4.88. The highest BCUT2D eigenvalue weighted by atomic mass is 14.9. The van der Waals surface area contributed by atoms with E-state index in [-0.39, 0.29) is 0 Å². The van der Waals surface area contributed by atoms with Gasteiger partial charge in [0.15, 0.2) is 0 Å². The largest absolute Gasteiger partial charge is 0.330 e. The Hall–Kier alpha value is -0.0800. The lowest BCUT2D eigenvalue weighted by Crippen LogP contribution is -2.39. The number of rotatable bonds is 10. The molecule has 0 heterocycles. The third-order valence-electron chi connectivity index (χ3n) is 5.07. The summed E-state index contributed by atoms with van der Waals surface area (Å²) in [4.78, 5) is 0. The lowest BCUT2D eigenvalue weighted by molar-refractivity contribution is 0.124. The van der Waals surface area contributed by atoms with Crippen LogP contribution in [0.5, 0.6) is 0 Å². The predicted molar refractivity (Wildman–Crippen MR) is 80.7 cm³/mol. The summed E-state index contributed by atoms with van der Waals surface area (Å²) in [5.74, 6) is 1.60. The van der Waals surface area contributed by atoms with Crippen LogP contribution in [0.1, 0.15) is 65.7 Å². The standard InChI is InChI=1S/C16H34N2/c1-4-16(9-6-10-16)13-18-12-5-7-15(8-11-17)14(2)3/h14-15,18H,4-13,17H2,1-3H3.